The molecular formula is C9H5N5O2S. The van der Waals surface area contributed by atoms with Gasteiger partial charge in [0.15, 0.2) is 5.11 Å². The first-order valence-corrected chi connectivity index (χ1v) is 4.59. The van der Waals surface area contributed by atoms with Gasteiger partial charge in [0, 0.05) is 6.07 Å². The van der Waals surface area contributed by atoms with Crippen molar-refractivity contribution in [3.8, 4) is 12.1 Å². The van der Waals surface area contributed by atoms with Crippen LogP contribution >= 0.6 is 12.2 Å². The van der Waals surface area contributed by atoms with Crippen LogP contribution < -0.4 is 11.1 Å². The second-order valence-electron chi connectivity index (χ2n) is 2.88. The van der Waals surface area contributed by atoms with Gasteiger partial charge >= 0.3 is 0 Å². The van der Waals surface area contributed by atoms with Crippen molar-refractivity contribution in [2.75, 3.05) is 5.32 Å². The average molecular weight is 247 g/mol. The van der Waals surface area contributed by atoms with E-state index >= 15 is 0 Å². The van der Waals surface area contributed by atoms with Crippen LogP contribution in [0, 0.1) is 32.8 Å². The summed E-state index contributed by atoms with van der Waals surface area (Å²) in [6.45, 7) is 0. The molecule has 7 nitrogen and oxygen atoms in total. The van der Waals surface area contributed by atoms with Gasteiger partial charge in [0.1, 0.15) is 17.8 Å². The summed E-state index contributed by atoms with van der Waals surface area (Å²) in [7, 11) is 0. The van der Waals surface area contributed by atoms with E-state index in [0.29, 0.717) is 0 Å². The summed E-state index contributed by atoms with van der Waals surface area (Å²) in [6.07, 6.45) is 0. The number of nitrogens with one attached hydrogen (secondary N) is 1. The fourth-order valence-corrected chi connectivity index (χ4v) is 1.27. The Morgan fingerprint density at radius 2 is 1.94 bits per heavy atom. The molecule has 0 aliphatic carbocycles. The summed E-state index contributed by atoms with van der Waals surface area (Å²) in [5.41, 5.74) is 4.76. The van der Waals surface area contributed by atoms with Crippen LogP contribution in [0.4, 0.5) is 11.4 Å². The number of hydrogen-bond acceptors (Lipinski definition) is 5. The molecule has 3 N–H and O–H groups in total. The Balaban J connectivity index is 3.48. The second-order valence-corrected chi connectivity index (χ2v) is 3.32. The normalized spacial score (nSPS) is 8.82. The van der Waals surface area contributed by atoms with E-state index in [9.17, 15) is 10.1 Å². The number of nitrogens with zero attached hydrogens (tertiary/aromatic N) is 3. The minimum atomic E-state index is -0.692. The van der Waals surface area contributed by atoms with Gasteiger partial charge in [-0.05, 0) is 18.3 Å². The highest BCUT2D eigenvalue weighted by molar-refractivity contribution is 7.80. The molecule has 0 radical (unpaired) electrons. The van der Waals surface area contributed by atoms with E-state index in [-0.39, 0.29) is 27.6 Å². The molecule has 84 valence electrons. The first kappa shape index (κ1) is 12.4. The van der Waals surface area contributed by atoms with Gasteiger partial charge < -0.3 is 11.1 Å². The van der Waals surface area contributed by atoms with Crippen molar-refractivity contribution < 1.29 is 4.92 Å². The topological polar surface area (TPSA) is 129 Å². The number of nitriles is 2. The third-order valence-corrected chi connectivity index (χ3v) is 1.93. The summed E-state index contributed by atoms with van der Waals surface area (Å²) in [6, 6.07) is 5.62. The molecule has 0 aliphatic rings. The third-order valence-electron chi connectivity index (χ3n) is 1.83. The van der Waals surface area contributed by atoms with Crippen molar-refractivity contribution >= 4 is 28.7 Å². The number of hydrogen-bond donors (Lipinski definition) is 2. The number of anilines is 1. The molecule has 8 heteroatoms. The Kier molecular flexibility index (Phi) is 3.55. The van der Waals surface area contributed by atoms with Crippen molar-refractivity contribution in [2.24, 2.45) is 5.73 Å². The van der Waals surface area contributed by atoms with Gasteiger partial charge in [-0.25, -0.2) is 0 Å². The van der Waals surface area contributed by atoms with Crippen LogP contribution in [0.15, 0.2) is 12.1 Å². The average Bonchev–Trinajstić information content (AvgIpc) is 2.27. The summed E-state index contributed by atoms with van der Waals surface area (Å²) >= 11 is 4.56. The molecular weight excluding hydrogens is 242 g/mol. The van der Waals surface area contributed by atoms with Gasteiger partial charge in [-0.3, -0.25) is 10.1 Å². The molecule has 1 aromatic carbocycles. The molecule has 0 fully saturated rings. The van der Waals surface area contributed by atoms with Gasteiger partial charge in [-0.2, -0.15) is 10.5 Å². The molecule has 1 rings (SSSR count). The molecule has 0 spiro atoms. The molecule has 0 amide bonds. The Bertz CT molecular complexity index is 584. The summed E-state index contributed by atoms with van der Waals surface area (Å²) in [5.74, 6) is 0. The quantitative estimate of drug-likeness (QED) is 0.453. The summed E-state index contributed by atoms with van der Waals surface area (Å²) in [4.78, 5) is 10.1. The molecule has 0 aliphatic heterocycles. The fraction of sp³-hybridized carbons (Fsp3) is 0. The predicted octanol–water partition coefficient (Wildman–Crippen LogP) is 0.994. The van der Waals surface area contributed by atoms with Crippen LogP contribution in [0.3, 0.4) is 0 Å². The van der Waals surface area contributed by atoms with Crippen LogP contribution in [0.2, 0.25) is 0 Å². The molecule has 0 aromatic heterocycles. The second kappa shape index (κ2) is 4.88. The lowest BCUT2D eigenvalue weighted by molar-refractivity contribution is -0.383. The highest BCUT2D eigenvalue weighted by Crippen LogP contribution is 2.27. The highest BCUT2D eigenvalue weighted by atomic mass is 32.1. The predicted molar refractivity (Wildman–Crippen MR) is 62.9 cm³/mol. The highest BCUT2D eigenvalue weighted by Gasteiger charge is 2.18. The van der Waals surface area contributed by atoms with E-state index in [2.05, 4.69) is 17.5 Å². The molecule has 1 aromatic rings. The Morgan fingerprint density at radius 3 is 2.35 bits per heavy atom. The monoisotopic (exact) mass is 247 g/mol. The first-order valence-electron chi connectivity index (χ1n) is 4.18. The lowest BCUT2D eigenvalue weighted by Gasteiger charge is -2.05. The number of thiocarbonyl (C=S) groups is 1. The molecule has 0 saturated heterocycles. The minimum absolute atomic E-state index is 0.0110. The number of benzene rings is 1. The summed E-state index contributed by atoms with van der Waals surface area (Å²) in [5, 5.41) is 30.5. The van der Waals surface area contributed by atoms with Crippen molar-refractivity contribution in [1.82, 2.24) is 0 Å². The van der Waals surface area contributed by atoms with E-state index in [1.165, 1.54) is 0 Å². The fourth-order valence-electron chi connectivity index (χ4n) is 1.16. The third kappa shape index (κ3) is 2.65. The van der Waals surface area contributed by atoms with Crippen LogP contribution in [-0.2, 0) is 0 Å². The summed E-state index contributed by atoms with van der Waals surface area (Å²) < 4.78 is 0. The largest absolute Gasteiger partial charge is 0.376 e. The van der Waals surface area contributed by atoms with Crippen molar-refractivity contribution in [3.05, 3.63) is 33.4 Å². The molecule has 0 atom stereocenters. The SMILES string of the molecule is N#Cc1cc(NC(N)=S)c([N+](=O)[O-])cc1C#N. The van der Waals surface area contributed by atoms with Gasteiger partial charge in [-0.15, -0.1) is 0 Å². The number of nitro benzene ring substituents is 1. The van der Waals surface area contributed by atoms with E-state index in [1.807, 2.05) is 0 Å². The number of rotatable bonds is 2. The van der Waals surface area contributed by atoms with E-state index in [1.54, 1.807) is 12.1 Å². The Hall–Kier alpha value is -2.71. The van der Waals surface area contributed by atoms with Crippen molar-refractivity contribution in [2.45, 2.75) is 0 Å². The zero-order valence-corrected chi connectivity index (χ0v) is 9.11. The zero-order valence-electron chi connectivity index (χ0n) is 8.30. The molecule has 0 saturated carbocycles. The van der Waals surface area contributed by atoms with Crippen LogP contribution in [-0.4, -0.2) is 10.0 Å². The van der Waals surface area contributed by atoms with Gasteiger partial charge in [0.2, 0.25) is 0 Å². The van der Waals surface area contributed by atoms with E-state index in [0.717, 1.165) is 12.1 Å². The standard InChI is InChI=1S/C9H5N5O2S/c10-3-5-1-7(13-9(12)17)8(14(15)16)2-6(5)4-11/h1-2H,(H3,12,13,17). The molecule has 17 heavy (non-hydrogen) atoms. The first-order chi connectivity index (χ1) is 7.99. The van der Waals surface area contributed by atoms with E-state index < -0.39 is 4.92 Å². The Labute approximate surface area is 101 Å². The lowest BCUT2D eigenvalue weighted by Crippen LogP contribution is -2.19. The number of nitrogens with two attached hydrogens (primary N) is 1. The van der Waals surface area contributed by atoms with Crippen LogP contribution in [0.1, 0.15) is 11.1 Å². The maximum Gasteiger partial charge on any atom is 0.294 e. The van der Waals surface area contributed by atoms with Gasteiger partial charge in [0.25, 0.3) is 5.69 Å². The number of nitro groups is 1. The van der Waals surface area contributed by atoms with Gasteiger partial charge in [-0.1, -0.05) is 0 Å². The molecule has 0 bridgehead atoms. The van der Waals surface area contributed by atoms with Gasteiger partial charge in [0.05, 0.1) is 16.1 Å². The molecule has 0 heterocycles. The zero-order chi connectivity index (χ0) is 13.0. The van der Waals surface area contributed by atoms with E-state index in [4.69, 9.17) is 16.3 Å². The van der Waals surface area contributed by atoms with Crippen molar-refractivity contribution in [1.29, 1.82) is 10.5 Å². The van der Waals surface area contributed by atoms with Crippen LogP contribution in [0.25, 0.3) is 0 Å². The minimum Gasteiger partial charge on any atom is -0.376 e. The molecule has 0 unspecified atom stereocenters. The maximum atomic E-state index is 10.8. The smallest absolute Gasteiger partial charge is 0.294 e. The van der Waals surface area contributed by atoms with Crippen LogP contribution in [0.5, 0.6) is 0 Å². The maximum absolute atomic E-state index is 10.8. The lowest BCUT2D eigenvalue weighted by atomic mass is 10.1. The Morgan fingerprint density at radius 1 is 1.41 bits per heavy atom. The van der Waals surface area contributed by atoms with Crippen molar-refractivity contribution in [3.63, 3.8) is 0 Å².